The van der Waals surface area contributed by atoms with Gasteiger partial charge in [-0.05, 0) is 93.5 Å². The molecule has 2 aromatic carbocycles. The quantitative estimate of drug-likeness (QED) is 0.402. The van der Waals surface area contributed by atoms with Crippen LogP contribution in [0.15, 0.2) is 72.3 Å². The van der Waals surface area contributed by atoms with Gasteiger partial charge in [-0.1, -0.05) is 24.6 Å². The predicted octanol–water partition coefficient (Wildman–Crippen LogP) is 5.52. The minimum Gasteiger partial charge on any atom is -0.508 e. The SMILES string of the molecule is C[C@]12C=CC(=O)C=C1CC[C@H]1[C@@H]3CC[C@@](OC(=O)c4ccc(Oc5cccc(O)c5)cc4)(C(=O)OCC#N)[C@@]3(C)C[C@H](O)C12F. The Kier molecular flexibility index (Phi) is 7.36. The van der Waals surface area contributed by atoms with E-state index in [0.29, 0.717) is 36.3 Å². The summed E-state index contributed by atoms with van der Waals surface area (Å²) in [7, 11) is 0. The maximum atomic E-state index is 17.5. The maximum absolute atomic E-state index is 17.5. The number of halogens is 1. The van der Waals surface area contributed by atoms with Crippen molar-refractivity contribution in [3.63, 3.8) is 0 Å². The summed E-state index contributed by atoms with van der Waals surface area (Å²) in [6, 6.07) is 14.0. The minimum atomic E-state index is -2.12. The van der Waals surface area contributed by atoms with Gasteiger partial charge in [0.05, 0.1) is 11.7 Å². The summed E-state index contributed by atoms with van der Waals surface area (Å²) in [4.78, 5) is 39.6. The highest BCUT2D eigenvalue weighted by atomic mass is 19.1. The Hall–Kier alpha value is -4.49. The Balaban J connectivity index is 1.31. The van der Waals surface area contributed by atoms with Crippen molar-refractivity contribution in [2.45, 2.75) is 63.3 Å². The van der Waals surface area contributed by atoms with E-state index in [2.05, 4.69) is 0 Å². The Morgan fingerprint density at radius 2 is 1.84 bits per heavy atom. The summed E-state index contributed by atoms with van der Waals surface area (Å²) >= 11 is 0. The lowest BCUT2D eigenvalue weighted by molar-refractivity contribution is -0.224. The number of nitrogens with zero attached hydrogens (tertiary/aromatic N) is 1. The van der Waals surface area contributed by atoms with Crippen molar-refractivity contribution in [3.8, 4) is 23.3 Å². The highest BCUT2D eigenvalue weighted by Gasteiger charge is 2.76. The molecule has 0 saturated heterocycles. The van der Waals surface area contributed by atoms with E-state index in [1.165, 1.54) is 36.4 Å². The number of aromatic hydroxyl groups is 1. The second kappa shape index (κ2) is 10.8. The number of ketones is 1. The average molecular weight is 616 g/mol. The molecule has 0 aliphatic heterocycles. The Labute approximate surface area is 259 Å². The van der Waals surface area contributed by atoms with Gasteiger partial charge in [-0.2, -0.15) is 5.26 Å². The number of rotatable bonds is 6. The molecule has 45 heavy (non-hydrogen) atoms. The molecule has 9 nitrogen and oxygen atoms in total. The largest absolute Gasteiger partial charge is 0.508 e. The first kappa shape index (κ1) is 30.5. The normalized spacial score (nSPS) is 34.8. The van der Waals surface area contributed by atoms with Crippen molar-refractivity contribution in [3.05, 3.63) is 77.9 Å². The van der Waals surface area contributed by atoms with Crippen LogP contribution in [0.25, 0.3) is 0 Å². The van der Waals surface area contributed by atoms with Gasteiger partial charge in [0.15, 0.2) is 18.1 Å². The number of nitriles is 1. The number of phenolic OH excluding ortho intramolecular Hbond substituents is 1. The molecule has 3 fully saturated rings. The fourth-order valence-corrected chi connectivity index (χ4v) is 8.52. The van der Waals surface area contributed by atoms with E-state index in [9.17, 15) is 24.6 Å². The van der Waals surface area contributed by atoms with Gasteiger partial charge in [-0.3, -0.25) is 4.79 Å². The fraction of sp³-hybridized carbons (Fsp3) is 0.429. The highest BCUT2D eigenvalue weighted by Crippen LogP contribution is 2.70. The van der Waals surface area contributed by atoms with Crippen LogP contribution in [0.5, 0.6) is 17.2 Å². The van der Waals surface area contributed by atoms with Crippen LogP contribution in [-0.2, 0) is 19.1 Å². The van der Waals surface area contributed by atoms with Gasteiger partial charge in [0.25, 0.3) is 0 Å². The lowest BCUT2D eigenvalue weighted by atomic mass is 9.45. The van der Waals surface area contributed by atoms with E-state index in [-0.39, 0.29) is 29.9 Å². The Morgan fingerprint density at radius 1 is 1.09 bits per heavy atom. The number of ether oxygens (including phenoxy) is 3. The highest BCUT2D eigenvalue weighted by molar-refractivity contribution is 6.01. The zero-order valence-electron chi connectivity index (χ0n) is 25.0. The standard InChI is InChI=1S/C35H34FNO8/c1-32-14-12-24(39)18-22(32)8-11-28-27-13-15-34(31(42)43-17-16-37,33(27,2)20-29(40)35(28,32)36)45-30(41)21-6-9-25(10-7-21)44-26-5-3-4-23(38)19-26/h3-7,9-10,12,14,18-19,27-29,38,40H,8,11,13,15,17,20H2,1-2H3/t27-,28-,29-,32-,33-,34+,35?/m0/s1. The van der Waals surface area contributed by atoms with Crippen LogP contribution >= 0.6 is 0 Å². The molecule has 2 aromatic rings. The third kappa shape index (κ3) is 4.55. The molecule has 0 bridgehead atoms. The number of benzene rings is 2. The number of aliphatic hydroxyl groups is 1. The fourth-order valence-electron chi connectivity index (χ4n) is 8.52. The van der Waals surface area contributed by atoms with Crippen molar-refractivity contribution in [2.24, 2.45) is 22.7 Å². The first-order valence-electron chi connectivity index (χ1n) is 15.0. The minimum absolute atomic E-state index is 0.0237. The number of hydrogen-bond acceptors (Lipinski definition) is 9. The summed E-state index contributed by atoms with van der Waals surface area (Å²) < 4.78 is 34.6. The molecule has 7 atom stereocenters. The molecule has 10 heteroatoms. The molecule has 1 unspecified atom stereocenters. The monoisotopic (exact) mass is 615 g/mol. The second-order valence-corrected chi connectivity index (χ2v) is 12.9. The molecular formula is C35H34FNO8. The van der Waals surface area contributed by atoms with E-state index >= 15 is 4.39 Å². The zero-order valence-corrected chi connectivity index (χ0v) is 25.0. The first-order chi connectivity index (χ1) is 21.4. The number of carbonyl (C=O) groups excluding carboxylic acids is 3. The van der Waals surface area contributed by atoms with Crippen LogP contribution in [-0.4, -0.2) is 51.9 Å². The lowest BCUT2D eigenvalue weighted by Gasteiger charge is -2.62. The summed E-state index contributed by atoms with van der Waals surface area (Å²) in [5.74, 6) is -2.31. The maximum Gasteiger partial charge on any atom is 0.352 e. The number of fused-ring (bicyclic) bond motifs is 5. The van der Waals surface area contributed by atoms with Gasteiger partial charge in [0, 0.05) is 22.8 Å². The lowest BCUT2D eigenvalue weighted by Crippen LogP contribution is -2.69. The number of esters is 2. The van der Waals surface area contributed by atoms with Gasteiger partial charge in [-0.25, -0.2) is 14.0 Å². The Morgan fingerprint density at radius 3 is 2.56 bits per heavy atom. The third-order valence-electron chi connectivity index (χ3n) is 10.8. The molecule has 6 rings (SSSR count). The van der Waals surface area contributed by atoms with Gasteiger partial charge in [0.1, 0.15) is 23.3 Å². The molecule has 0 spiro atoms. The summed E-state index contributed by atoms with van der Waals surface area (Å²) in [6.45, 7) is 2.87. The molecule has 0 radical (unpaired) electrons. The molecular weight excluding hydrogens is 581 g/mol. The number of carbonyl (C=O) groups is 3. The number of hydrogen-bond donors (Lipinski definition) is 2. The van der Waals surface area contributed by atoms with Crippen LogP contribution in [0.2, 0.25) is 0 Å². The van der Waals surface area contributed by atoms with Gasteiger partial charge < -0.3 is 24.4 Å². The smallest absolute Gasteiger partial charge is 0.352 e. The van der Waals surface area contributed by atoms with Crippen LogP contribution < -0.4 is 4.74 Å². The van der Waals surface area contributed by atoms with E-state index in [1.807, 2.05) is 0 Å². The number of aliphatic hydroxyl groups excluding tert-OH is 1. The summed E-state index contributed by atoms with van der Waals surface area (Å²) in [6.07, 6.45) is 3.73. The van der Waals surface area contributed by atoms with Crippen molar-refractivity contribution < 1.29 is 43.2 Å². The summed E-state index contributed by atoms with van der Waals surface area (Å²) in [5.41, 5.74) is -5.70. The van der Waals surface area contributed by atoms with Gasteiger partial charge in [-0.15, -0.1) is 0 Å². The van der Waals surface area contributed by atoms with Crippen LogP contribution in [0.4, 0.5) is 4.39 Å². The molecule has 0 heterocycles. The van der Waals surface area contributed by atoms with E-state index in [4.69, 9.17) is 19.5 Å². The van der Waals surface area contributed by atoms with Crippen molar-refractivity contribution in [2.75, 3.05) is 6.61 Å². The average Bonchev–Trinajstić information content (AvgIpc) is 3.29. The van der Waals surface area contributed by atoms with Crippen LogP contribution in [0.3, 0.4) is 0 Å². The second-order valence-electron chi connectivity index (χ2n) is 12.9. The van der Waals surface area contributed by atoms with Crippen molar-refractivity contribution in [1.29, 1.82) is 5.26 Å². The van der Waals surface area contributed by atoms with E-state index < -0.39 is 58.6 Å². The first-order valence-corrected chi connectivity index (χ1v) is 15.0. The summed E-state index contributed by atoms with van der Waals surface area (Å²) in [5, 5.41) is 30.5. The van der Waals surface area contributed by atoms with E-state index in [0.717, 1.165) is 0 Å². The number of allylic oxidation sites excluding steroid dienone is 4. The third-order valence-corrected chi connectivity index (χ3v) is 10.8. The molecule has 0 amide bonds. The molecule has 4 aliphatic carbocycles. The molecule has 4 aliphatic rings. The van der Waals surface area contributed by atoms with Crippen molar-refractivity contribution >= 4 is 17.7 Å². The van der Waals surface area contributed by atoms with Crippen LogP contribution in [0.1, 0.15) is 56.3 Å². The number of phenols is 1. The predicted molar refractivity (Wildman–Crippen MR) is 158 cm³/mol. The topological polar surface area (TPSA) is 143 Å². The van der Waals surface area contributed by atoms with Gasteiger partial charge in [0.2, 0.25) is 5.60 Å². The molecule has 2 N–H and O–H groups in total. The van der Waals surface area contributed by atoms with Crippen molar-refractivity contribution in [1.82, 2.24) is 0 Å². The Bertz CT molecular complexity index is 1660. The van der Waals surface area contributed by atoms with Gasteiger partial charge >= 0.3 is 11.9 Å². The van der Waals surface area contributed by atoms with Crippen LogP contribution in [0, 0.1) is 34.0 Å². The molecule has 234 valence electrons. The zero-order chi connectivity index (χ0) is 32.2. The molecule has 3 saturated carbocycles. The molecule has 0 aromatic heterocycles. The van der Waals surface area contributed by atoms with E-state index in [1.54, 1.807) is 50.3 Å². The number of alkyl halides is 1.